The lowest BCUT2D eigenvalue weighted by Crippen LogP contribution is -2.22. The van der Waals surface area contributed by atoms with Gasteiger partial charge in [0.1, 0.15) is 5.84 Å². The largest absolute Gasteiger partial charge is 0.457 e. The Morgan fingerprint density at radius 2 is 2.07 bits per heavy atom. The van der Waals surface area contributed by atoms with Crippen LogP contribution in [0, 0.1) is 6.92 Å². The molecule has 0 unspecified atom stereocenters. The van der Waals surface area contributed by atoms with E-state index < -0.39 is 10.0 Å². The molecule has 1 aliphatic rings. The number of hydrogen-bond acceptors (Lipinski definition) is 7. The SMILES string of the molecule is Cc1cc(COC(=O)CCCCCN=C2NS(=O)(=O)c3ccccc32)on1. The maximum atomic E-state index is 12.0. The molecule has 0 atom stereocenters. The molecule has 1 aromatic carbocycles. The Labute approximate surface area is 157 Å². The summed E-state index contributed by atoms with van der Waals surface area (Å²) in [6.45, 7) is 2.37. The van der Waals surface area contributed by atoms with Gasteiger partial charge in [-0.1, -0.05) is 23.7 Å². The standard InChI is InChI=1S/C18H21N3O5S/c1-13-11-14(26-20-13)12-25-17(22)9-3-2-6-10-19-18-15-7-4-5-8-16(15)27(23,24)21-18/h4-5,7-8,11H,2-3,6,9-10,12H2,1H3,(H,19,21). The highest BCUT2D eigenvalue weighted by atomic mass is 32.2. The molecule has 0 saturated carbocycles. The van der Waals surface area contributed by atoms with Crippen LogP contribution in [-0.4, -0.2) is 31.9 Å². The van der Waals surface area contributed by atoms with Crippen molar-refractivity contribution in [3.05, 3.63) is 47.3 Å². The van der Waals surface area contributed by atoms with Gasteiger partial charge < -0.3 is 9.26 Å². The molecule has 0 bridgehead atoms. The average Bonchev–Trinajstić information content (AvgIpc) is 3.17. The van der Waals surface area contributed by atoms with E-state index >= 15 is 0 Å². The fraction of sp³-hybridized carbons (Fsp3) is 0.389. The number of sulfonamides is 1. The van der Waals surface area contributed by atoms with Gasteiger partial charge >= 0.3 is 5.97 Å². The molecule has 144 valence electrons. The van der Waals surface area contributed by atoms with Crippen molar-refractivity contribution < 1.29 is 22.5 Å². The number of aliphatic imine (C=N–C) groups is 1. The van der Waals surface area contributed by atoms with Crippen molar-refractivity contribution in [1.29, 1.82) is 0 Å². The minimum atomic E-state index is -3.50. The third kappa shape index (κ3) is 4.94. The quantitative estimate of drug-likeness (QED) is 0.546. The second kappa shape index (κ2) is 8.34. The van der Waals surface area contributed by atoms with Crippen molar-refractivity contribution in [2.45, 2.75) is 44.1 Å². The van der Waals surface area contributed by atoms with Crippen LogP contribution in [0.15, 0.2) is 44.7 Å². The molecular weight excluding hydrogens is 370 g/mol. The number of amidine groups is 1. The fourth-order valence-electron chi connectivity index (χ4n) is 2.71. The van der Waals surface area contributed by atoms with Gasteiger partial charge in [-0.15, -0.1) is 0 Å². The molecule has 0 amide bonds. The maximum Gasteiger partial charge on any atom is 0.306 e. The summed E-state index contributed by atoms with van der Waals surface area (Å²) in [6.07, 6.45) is 2.55. The lowest BCUT2D eigenvalue weighted by molar-refractivity contribution is -0.145. The highest BCUT2D eigenvalue weighted by Crippen LogP contribution is 2.22. The third-order valence-corrected chi connectivity index (χ3v) is 5.42. The lowest BCUT2D eigenvalue weighted by atomic mass is 10.2. The first-order chi connectivity index (χ1) is 13.0. The molecule has 1 aliphatic heterocycles. The number of nitrogens with zero attached hydrogens (tertiary/aromatic N) is 2. The zero-order valence-electron chi connectivity index (χ0n) is 15.0. The molecule has 9 heteroatoms. The third-order valence-electron chi connectivity index (χ3n) is 4.02. The molecule has 0 fully saturated rings. The van der Waals surface area contributed by atoms with E-state index in [0.29, 0.717) is 36.5 Å². The molecule has 0 aliphatic carbocycles. The molecule has 1 aromatic heterocycles. The Morgan fingerprint density at radius 3 is 2.85 bits per heavy atom. The van der Waals surface area contributed by atoms with Gasteiger partial charge in [-0.05, 0) is 31.9 Å². The number of rotatable bonds is 8. The molecule has 3 rings (SSSR count). The van der Waals surface area contributed by atoms with Crippen molar-refractivity contribution in [2.24, 2.45) is 4.99 Å². The van der Waals surface area contributed by atoms with Gasteiger partial charge in [0, 0.05) is 24.6 Å². The Balaban J connectivity index is 1.36. The number of unbranched alkanes of at least 4 members (excludes halogenated alkanes) is 2. The van der Waals surface area contributed by atoms with E-state index in [9.17, 15) is 13.2 Å². The predicted molar refractivity (Wildman–Crippen MR) is 97.7 cm³/mol. The van der Waals surface area contributed by atoms with E-state index in [1.807, 2.05) is 0 Å². The molecule has 1 N–H and O–H groups in total. The van der Waals surface area contributed by atoms with Crippen molar-refractivity contribution in [3.8, 4) is 0 Å². The van der Waals surface area contributed by atoms with Crippen molar-refractivity contribution in [1.82, 2.24) is 9.88 Å². The van der Waals surface area contributed by atoms with Crippen LogP contribution in [0.3, 0.4) is 0 Å². The minimum Gasteiger partial charge on any atom is -0.457 e. The first-order valence-corrected chi connectivity index (χ1v) is 10.2. The Hall–Kier alpha value is -2.68. The van der Waals surface area contributed by atoms with Crippen LogP contribution in [0.25, 0.3) is 0 Å². The van der Waals surface area contributed by atoms with Gasteiger partial charge in [-0.25, -0.2) is 8.42 Å². The maximum absolute atomic E-state index is 12.0. The zero-order valence-corrected chi connectivity index (χ0v) is 15.8. The van der Waals surface area contributed by atoms with Crippen LogP contribution in [0.1, 0.15) is 42.7 Å². The summed E-state index contributed by atoms with van der Waals surface area (Å²) in [4.78, 5) is 16.3. The number of hydrogen-bond donors (Lipinski definition) is 1. The highest BCUT2D eigenvalue weighted by molar-refractivity contribution is 7.90. The number of fused-ring (bicyclic) bond motifs is 1. The van der Waals surface area contributed by atoms with Crippen LogP contribution in [0.5, 0.6) is 0 Å². The summed E-state index contributed by atoms with van der Waals surface area (Å²) in [5, 5.41) is 3.72. The molecule has 8 nitrogen and oxygen atoms in total. The topological polar surface area (TPSA) is 111 Å². The van der Waals surface area contributed by atoms with Crippen molar-refractivity contribution >= 4 is 21.8 Å². The summed E-state index contributed by atoms with van der Waals surface area (Å²) in [5.74, 6) is 0.621. The van der Waals surface area contributed by atoms with Gasteiger partial charge in [0.05, 0.1) is 10.6 Å². The molecule has 0 spiro atoms. The van der Waals surface area contributed by atoms with E-state index in [4.69, 9.17) is 9.26 Å². The van der Waals surface area contributed by atoms with Crippen LogP contribution >= 0.6 is 0 Å². The zero-order chi connectivity index (χ0) is 19.3. The van der Waals surface area contributed by atoms with Gasteiger partial charge in [0.2, 0.25) is 0 Å². The first kappa shape index (κ1) is 19.1. The highest BCUT2D eigenvalue weighted by Gasteiger charge is 2.29. The number of aryl methyl sites for hydroxylation is 1. The Morgan fingerprint density at radius 1 is 1.26 bits per heavy atom. The number of nitrogens with one attached hydrogen (secondary N) is 1. The summed E-state index contributed by atoms with van der Waals surface area (Å²) >= 11 is 0. The second-order valence-corrected chi connectivity index (χ2v) is 7.89. The predicted octanol–water partition coefficient (Wildman–Crippen LogP) is 2.33. The van der Waals surface area contributed by atoms with Gasteiger partial charge in [0.25, 0.3) is 10.0 Å². The summed E-state index contributed by atoms with van der Waals surface area (Å²) in [6, 6.07) is 8.48. The van der Waals surface area contributed by atoms with Crippen LogP contribution in [-0.2, 0) is 26.2 Å². The van der Waals surface area contributed by atoms with Gasteiger partial charge in [-0.3, -0.25) is 14.5 Å². The normalized spacial score (nSPS) is 16.1. The fourth-order valence-corrected chi connectivity index (χ4v) is 3.96. The van der Waals surface area contributed by atoms with E-state index in [0.717, 1.165) is 18.5 Å². The number of benzene rings is 1. The molecule has 2 aromatic rings. The summed E-state index contributed by atoms with van der Waals surface area (Å²) in [7, 11) is -3.50. The average molecular weight is 391 g/mol. The Kier molecular flexibility index (Phi) is 5.90. The van der Waals surface area contributed by atoms with Crippen LogP contribution in [0.4, 0.5) is 0 Å². The molecule has 0 radical (unpaired) electrons. The summed E-state index contributed by atoms with van der Waals surface area (Å²) in [5.41, 5.74) is 1.35. The number of ether oxygens (including phenoxy) is 1. The minimum absolute atomic E-state index is 0.0902. The first-order valence-electron chi connectivity index (χ1n) is 8.70. The number of carbonyl (C=O) groups excluding carboxylic acids is 1. The van der Waals surface area contributed by atoms with Crippen molar-refractivity contribution in [3.63, 3.8) is 0 Å². The van der Waals surface area contributed by atoms with E-state index in [1.54, 1.807) is 37.3 Å². The molecular formula is C18H21N3O5S. The molecule has 0 saturated heterocycles. The van der Waals surface area contributed by atoms with Gasteiger partial charge in [-0.2, -0.15) is 0 Å². The molecule has 2 heterocycles. The number of esters is 1. The second-order valence-electron chi connectivity index (χ2n) is 6.24. The number of carbonyl (C=O) groups is 1. The summed E-state index contributed by atoms with van der Waals surface area (Å²) < 4.78 is 36.5. The molecule has 27 heavy (non-hydrogen) atoms. The van der Waals surface area contributed by atoms with E-state index in [2.05, 4.69) is 14.9 Å². The lowest BCUT2D eigenvalue weighted by Gasteiger charge is -2.02. The number of aromatic nitrogens is 1. The van der Waals surface area contributed by atoms with E-state index in [-0.39, 0.29) is 17.5 Å². The van der Waals surface area contributed by atoms with Crippen LogP contribution in [0.2, 0.25) is 0 Å². The van der Waals surface area contributed by atoms with Crippen LogP contribution < -0.4 is 4.72 Å². The Bertz CT molecular complexity index is 949. The van der Waals surface area contributed by atoms with E-state index in [1.165, 1.54) is 0 Å². The smallest absolute Gasteiger partial charge is 0.306 e. The van der Waals surface area contributed by atoms with Gasteiger partial charge in [0.15, 0.2) is 12.4 Å². The monoisotopic (exact) mass is 391 g/mol. The van der Waals surface area contributed by atoms with Crippen molar-refractivity contribution in [2.75, 3.05) is 6.54 Å².